The van der Waals surface area contributed by atoms with Gasteiger partial charge in [0.05, 0.1) is 23.7 Å². The molecule has 120 valence electrons. The average molecular weight is 337 g/mol. The lowest BCUT2D eigenvalue weighted by molar-refractivity contribution is 0.428. The normalized spacial score (nSPS) is 20.2. The van der Waals surface area contributed by atoms with Gasteiger partial charge in [-0.1, -0.05) is 18.2 Å². The van der Waals surface area contributed by atoms with Gasteiger partial charge in [0.2, 0.25) is 0 Å². The molecule has 1 aromatic carbocycles. The number of rotatable bonds is 3. The first-order valence-corrected chi connectivity index (χ1v) is 7.98. The number of furan rings is 1. The number of hydrogen-bond donors (Lipinski definition) is 2. The summed E-state index contributed by atoms with van der Waals surface area (Å²) in [5.41, 5.74) is 1.49. The molecule has 1 aliphatic rings. The molecule has 0 saturated carbocycles. The highest BCUT2D eigenvalue weighted by Crippen LogP contribution is 2.43. The number of nitrogens with one attached hydrogen (secondary N) is 1. The second-order valence-corrected chi connectivity index (χ2v) is 5.89. The molecule has 2 N–H and O–H groups in total. The van der Waals surface area contributed by atoms with Gasteiger partial charge in [-0.15, -0.1) is 0 Å². The van der Waals surface area contributed by atoms with Crippen molar-refractivity contribution >= 4 is 23.0 Å². The fraction of sp³-hybridized carbons (Fsp3) is 0.111. The van der Waals surface area contributed by atoms with Gasteiger partial charge in [0.1, 0.15) is 17.6 Å². The van der Waals surface area contributed by atoms with Crippen LogP contribution in [-0.2, 0) is 0 Å². The van der Waals surface area contributed by atoms with Gasteiger partial charge in [-0.2, -0.15) is 0 Å². The highest BCUT2D eigenvalue weighted by Gasteiger charge is 2.42. The van der Waals surface area contributed by atoms with E-state index in [1.165, 1.54) is 0 Å². The number of hydrogen-bond acceptors (Lipinski definition) is 4. The molecule has 0 aliphatic carbocycles. The van der Waals surface area contributed by atoms with Crippen molar-refractivity contribution in [3.63, 3.8) is 0 Å². The summed E-state index contributed by atoms with van der Waals surface area (Å²) in [7, 11) is 0. The van der Waals surface area contributed by atoms with E-state index in [4.69, 9.17) is 16.6 Å². The quantitative estimate of drug-likeness (QED) is 0.713. The largest absolute Gasteiger partial charge is 0.506 e. The van der Waals surface area contributed by atoms with Crippen molar-refractivity contribution < 1.29 is 9.52 Å². The van der Waals surface area contributed by atoms with E-state index in [1.807, 2.05) is 47.4 Å². The minimum absolute atomic E-state index is 0.167. The average Bonchev–Trinajstić information content (AvgIpc) is 3.24. The summed E-state index contributed by atoms with van der Waals surface area (Å²) in [5.74, 6) is 0.918. The number of anilines is 1. The van der Waals surface area contributed by atoms with Gasteiger partial charge in [-0.3, -0.25) is 4.98 Å². The van der Waals surface area contributed by atoms with E-state index in [2.05, 4.69) is 10.3 Å². The number of benzene rings is 1. The van der Waals surface area contributed by atoms with E-state index < -0.39 is 0 Å². The molecular formula is C18H15N3O2S. The van der Waals surface area contributed by atoms with Crippen LogP contribution in [0, 0.1) is 0 Å². The fourth-order valence-electron chi connectivity index (χ4n) is 3.03. The molecule has 24 heavy (non-hydrogen) atoms. The third-order valence-corrected chi connectivity index (χ3v) is 4.39. The zero-order valence-electron chi connectivity index (χ0n) is 12.7. The molecule has 0 spiro atoms. The van der Waals surface area contributed by atoms with Gasteiger partial charge in [0, 0.05) is 6.20 Å². The minimum atomic E-state index is -0.240. The first-order valence-electron chi connectivity index (χ1n) is 7.58. The van der Waals surface area contributed by atoms with Gasteiger partial charge in [-0.05, 0) is 48.6 Å². The molecule has 5 nitrogen and oxygen atoms in total. The molecule has 0 bridgehead atoms. The molecule has 3 heterocycles. The summed E-state index contributed by atoms with van der Waals surface area (Å²) < 4.78 is 5.66. The van der Waals surface area contributed by atoms with Crippen LogP contribution in [0.5, 0.6) is 5.75 Å². The van der Waals surface area contributed by atoms with E-state index in [-0.39, 0.29) is 17.8 Å². The lowest BCUT2D eigenvalue weighted by Gasteiger charge is -2.26. The number of phenols is 1. The fourth-order valence-corrected chi connectivity index (χ4v) is 3.37. The Labute approximate surface area is 144 Å². The predicted octanol–water partition coefficient (Wildman–Crippen LogP) is 3.56. The van der Waals surface area contributed by atoms with Crippen LogP contribution in [0.3, 0.4) is 0 Å². The molecule has 1 saturated heterocycles. The Balaban J connectivity index is 1.84. The Hall–Kier alpha value is -2.86. The standard InChI is InChI=1S/C18H15N3O2S/c22-14-8-2-1-7-13(14)21-17(15-9-5-11-23-15)16(20-18(21)24)12-6-3-4-10-19-12/h1-11,16-17,22H,(H,20,24). The molecule has 6 heteroatoms. The summed E-state index contributed by atoms with van der Waals surface area (Å²) in [4.78, 5) is 6.33. The maximum atomic E-state index is 10.3. The van der Waals surface area contributed by atoms with Crippen LogP contribution in [-0.4, -0.2) is 15.2 Å². The number of aromatic hydroxyl groups is 1. The van der Waals surface area contributed by atoms with Crippen molar-refractivity contribution in [1.82, 2.24) is 10.3 Å². The van der Waals surface area contributed by atoms with Crippen molar-refractivity contribution in [3.8, 4) is 5.75 Å². The number of nitrogens with zero attached hydrogens (tertiary/aromatic N) is 2. The van der Waals surface area contributed by atoms with Gasteiger partial charge in [0.25, 0.3) is 0 Å². The monoisotopic (exact) mass is 337 g/mol. The molecule has 3 aromatic rings. The minimum Gasteiger partial charge on any atom is -0.506 e. The first-order chi connectivity index (χ1) is 11.8. The lowest BCUT2D eigenvalue weighted by Crippen LogP contribution is -2.29. The summed E-state index contributed by atoms with van der Waals surface area (Å²) >= 11 is 5.54. The number of pyridine rings is 1. The Morgan fingerprint density at radius 2 is 1.92 bits per heavy atom. The van der Waals surface area contributed by atoms with Crippen LogP contribution in [0.2, 0.25) is 0 Å². The molecule has 0 amide bonds. The molecular weight excluding hydrogens is 322 g/mol. The van der Waals surface area contributed by atoms with E-state index in [9.17, 15) is 5.11 Å². The van der Waals surface area contributed by atoms with Crippen molar-refractivity contribution in [2.24, 2.45) is 0 Å². The number of thiocarbonyl (C=S) groups is 1. The van der Waals surface area contributed by atoms with E-state index in [1.54, 1.807) is 24.6 Å². The predicted molar refractivity (Wildman–Crippen MR) is 94.7 cm³/mol. The molecule has 2 atom stereocenters. The maximum Gasteiger partial charge on any atom is 0.174 e. The summed E-state index contributed by atoms with van der Waals surface area (Å²) in [6.45, 7) is 0. The van der Waals surface area contributed by atoms with Gasteiger partial charge in [0.15, 0.2) is 5.11 Å². The molecule has 1 aliphatic heterocycles. The van der Waals surface area contributed by atoms with Crippen molar-refractivity contribution in [2.45, 2.75) is 12.1 Å². The van der Waals surface area contributed by atoms with Crippen molar-refractivity contribution in [3.05, 3.63) is 78.5 Å². The van der Waals surface area contributed by atoms with Crippen LogP contribution >= 0.6 is 12.2 Å². The lowest BCUT2D eigenvalue weighted by atomic mass is 10.0. The summed E-state index contributed by atoms with van der Waals surface area (Å²) in [6, 6.07) is 16.2. The Morgan fingerprint density at radius 1 is 1.08 bits per heavy atom. The highest BCUT2D eigenvalue weighted by molar-refractivity contribution is 7.80. The van der Waals surface area contributed by atoms with Crippen LogP contribution in [0.25, 0.3) is 0 Å². The summed E-state index contributed by atoms with van der Waals surface area (Å²) in [5, 5.41) is 14.1. The third kappa shape index (κ3) is 2.41. The number of phenolic OH excluding ortho intramolecular Hbond substituents is 1. The second kappa shape index (κ2) is 5.98. The Morgan fingerprint density at radius 3 is 2.62 bits per heavy atom. The van der Waals surface area contributed by atoms with Crippen LogP contribution < -0.4 is 10.2 Å². The van der Waals surface area contributed by atoms with E-state index >= 15 is 0 Å². The smallest absolute Gasteiger partial charge is 0.174 e. The van der Waals surface area contributed by atoms with E-state index in [0.717, 1.165) is 11.5 Å². The van der Waals surface area contributed by atoms with Gasteiger partial charge < -0.3 is 19.7 Å². The molecule has 2 unspecified atom stereocenters. The highest BCUT2D eigenvalue weighted by atomic mass is 32.1. The van der Waals surface area contributed by atoms with E-state index in [0.29, 0.717) is 10.8 Å². The van der Waals surface area contributed by atoms with Gasteiger partial charge >= 0.3 is 0 Å². The van der Waals surface area contributed by atoms with Crippen molar-refractivity contribution in [2.75, 3.05) is 4.90 Å². The zero-order valence-corrected chi connectivity index (χ0v) is 13.5. The summed E-state index contributed by atoms with van der Waals surface area (Å²) in [6.07, 6.45) is 3.39. The van der Waals surface area contributed by atoms with Crippen LogP contribution in [0.15, 0.2) is 71.5 Å². The second-order valence-electron chi connectivity index (χ2n) is 5.50. The molecule has 1 fully saturated rings. The van der Waals surface area contributed by atoms with Gasteiger partial charge in [-0.25, -0.2) is 0 Å². The molecule has 4 rings (SSSR count). The number of para-hydroxylation sites is 2. The SMILES string of the molecule is Oc1ccccc1N1C(=S)NC(c2ccccn2)C1c1ccco1. The maximum absolute atomic E-state index is 10.3. The van der Waals surface area contributed by atoms with Crippen LogP contribution in [0.1, 0.15) is 23.5 Å². The Kier molecular flexibility index (Phi) is 3.66. The third-order valence-electron chi connectivity index (χ3n) is 4.07. The van der Waals surface area contributed by atoms with Crippen LogP contribution in [0.4, 0.5) is 5.69 Å². The first kappa shape index (κ1) is 14.7. The Bertz CT molecular complexity index is 852. The molecule has 0 radical (unpaired) electrons. The zero-order chi connectivity index (χ0) is 16.5. The van der Waals surface area contributed by atoms with Crippen molar-refractivity contribution in [1.29, 1.82) is 0 Å². The number of aromatic nitrogens is 1. The molecule has 2 aromatic heterocycles. The topological polar surface area (TPSA) is 61.5 Å².